The number of carbonyl (C=O) groups is 1. The predicted molar refractivity (Wildman–Crippen MR) is 59.4 cm³/mol. The lowest BCUT2D eigenvalue weighted by Crippen LogP contribution is -2.49. The number of hydrogen-bond donors (Lipinski definition) is 1. The van der Waals surface area contributed by atoms with Crippen LogP contribution in [0.2, 0.25) is 0 Å². The number of nitrogens with zero attached hydrogens (tertiary/aromatic N) is 1. The van der Waals surface area contributed by atoms with Crippen LogP contribution in [0.5, 0.6) is 0 Å². The highest BCUT2D eigenvalue weighted by Gasteiger charge is 2.34. The van der Waals surface area contributed by atoms with Crippen molar-refractivity contribution in [3.63, 3.8) is 0 Å². The molecule has 4 heteroatoms. The number of carbonyl (C=O) groups excluding carboxylic acids is 1. The molecular formula is C11H22N2O2. The molecule has 1 heterocycles. The minimum absolute atomic E-state index is 0.0436. The van der Waals surface area contributed by atoms with E-state index in [2.05, 4.69) is 0 Å². The van der Waals surface area contributed by atoms with Gasteiger partial charge in [0, 0.05) is 20.2 Å². The van der Waals surface area contributed by atoms with Crippen molar-refractivity contribution in [2.24, 2.45) is 11.1 Å². The van der Waals surface area contributed by atoms with Gasteiger partial charge in [-0.25, -0.2) is 0 Å². The second kappa shape index (κ2) is 4.49. The third kappa shape index (κ3) is 2.92. The first-order chi connectivity index (χ1) is 6.86. The lowest BCUT2D eigenvalue weighted by molar-refractivity contribution is -0.134. The van der Waals surface area contributed by atoms with Gasteiger partial charge in [-0.1, -0.05) is 20.8 Å². The first-order valence-electron chi connectivity index (χ1n) is 5.43. The van der Waals surface area contributed by atoms with E-state index in [9.17, 15) is 4.79 Å². The Morgan fingerprint density at radius 2 is 2.13 bits per heavy atom. The summed E-state index contributed by atoms with van der Waals surface area (Å²) in [6.07, 6.45) is 1.10. The first-order valence-corrected chi connectivity index (χ1v) is 5.43. The van der Waals surface area contributed by atoms with Gasteiger partial charge in [-0.2, -0.15) is 0 Å². The van der Waals surface area contributed by atoms with Crippen molar-refractivity contribution in [2.75, 3.05) is 20.2 Å². The average molecular weight is 214 g/mol. The smallest absolute Gasteiger partial charge is 0.240 e. The molecule has 1 aliphatic heterocycles. The van der Waals surface area contributed by atoms with E-state index in [1.54, 1.807) is 7.11 Å². The first kappa shape index (κ1) is 12.5. The molecule has 4 nitrogen and oxygen atoms in total. The zero-order chi connectivity index (χ0) is 11.6. The molecule has 1 aliphatic rings. The van der Waals surface area contributed by atoms with Gasteiger partial charge >= 0.3 is 0 Å². The normalized spacial score (nSPS) is 24.3. The quantitative estimate of drug-likeness (QED) is 0.732. The summed E-state index contributed by atoms with van der Waals surface area (Å²) in [6, 6.07) is -0.423. The van der Waals surface area contributed by atoms with Crippen LogP contribution in [0, 0.1) is 5.41 Å². The summed E-state index contributed by atoms with van der Waals surface area (Å²) in [6.45, 7) is 7.40. The van der Waals surface area contributed by atoms with Crippen LogP contribution in [-0.2, 0) is 9.53 Å². The van der Waals surface area contributed by atoms with Gasteiger partial charge in [0.05, 0.1) is 12.1 Å². The Kier molecular flexibility index (Phi) is 3.73. The number of hydrogen-bond acceptors (Lipinski definition) is 3. The maximum Gasteiger partial charge on any atom is 0.240 e. The standard InChI is InChI=1S/C11H22N2O2/c1-11(2,3)9(12)10(14)13-6-5-8(7-13)15-4/h8-9H,5-7,12H2,1-4H3/t8?,9-/m0/s1. The molecule has 1 amide bonds. The number of methoxy groups -OCH3 is 1. The molecule has 0 bridgehead atoms. The van der Waals surface area contributed by atoms with Gasteiger partial charge in [-0.15, -0.1) is 0 Å². The summed E-state index contributed by atoms with van der Waals surface area (Å²) in [5.74, 6) is 0.0436. The van der Waals surface area contributed by atoms with E-state index in [-0.39, 0.29) is 17.4 Å². The van der Waals surface area contributed by atoms with E-state index in [0.29, 0.717) is 6.54 Å². The molecule has 2 atom stereocenters. The Morgan fingerprint density at radius 1 is 1.53 bits per heavy atom. The molecule has 0 radical (unpaired) electrons. The van der Waals surface area contributed by atoms with E-state index in [1.165, 1.54) is 0 Å². The largest absolute Gasteiger partial charge is 0.380 e. The molecule has 15 heavy (non-hydrogen) atoms. The van der Waals surface area contributed by atoms with E-state index >= 15 is 0 Å². The van der Waals surface area contributed by atoms with Crippen LogP contribution in [0.1, 0.15) is 27.2 Å². The van der Waals surface area contributed by atoms with Crippen molar-refractivity contribution in [1.82, 2.24) is 4.90 Å². The van der Waals surface area contributed by atoms with E-state index < -0.39 is 6.04 Å². The lowest BCUT2D eigenvalue weighted by atomic mass is 9.86. The molecule has 1 rings (SSSR count). The fourth-order valence-electron chi connectivity index (χ4n) is 1.69. The maximum absolute atomic E-state index is 12.0. The second-order valence-electron chi connectivity index (χ2n) is 5.27. The molecule has 0 aliphatic carbocycles. The Hall–Kier alpha value is -0.610. The van der Waals surface area contributed by atoms with E-state index in [1.807, 2.05) is 25.7 Å². The zero-order valence-electron chi connectivity index (χ0n) is 10.1. The summed E-state index contributed by atoms with van der Waals surface area (Å²) < 4.78 is 5.22. The topological polar surface area (TPSA) is 55.6 Å². The molecule has 0 spiro atoms. The number of likely N-dealkylation sites (tertiary alicyclic amines) is 1. The Morgan fingerprint density at radius 3 is 2.53 bits per heavy atom. The van der Waals surface area contributed by atoms with Crippen molar-refractivity contribution < 1.29 is 9.53 Å². The van der Waals surface area contributed by atoms with Gasteiger partial charge in [-0.05, 0) is 11.8 Å². The monoisotopic (exact) mass is 214 g/mol. The highest BCUT2D eigenvalue weighted by atomic mass is 16.5. The molecule has 0 saturated carbocycles. The van der Waals surface area contributed by atoms with Crippen LogP contribution in [-0.4, -0.2) is 43.2 Å². The third-order valence-corrected chi connectivity index (χ3v) is 2.99. The van der Waals surface area contributed by atoms with Gasteiger partial charge < -0.3 is 15.4 Å². The Labute approximate surface area is 91.8 Å². The Bertz CT molecular complexity index is 235. The summed E-state index contributed by atoms with van der Waals surface area (Å²) in [4.78, 5) is 13.8. The second-order valence-corrected chi connectivity index (χ2v) is 5.27. The maximum atomic E-state index is 12.0. The van der Waals surface area contributed by atoms with Crippen molar-refractivity contribution in [1.29, 1.82) is 0 Å². The van der Waals surface area contributed by atoms with Gasteiger partial charge in [0.25, 0.3) is 0 Å². The van der Waals surface area contributed by atoms with Gasteiger partial charge in [0.1, 0.15) is 0 Å². The minimum atomic E-state index is -0.423. The highest BCUT2D eigenvalue weighted by Crippen LogP contribution is 2.21. The fourth-order valence-corrected chi connectivity index (χ4v) is 1.69. The van der Waals surface area contributed by atoms with Gasteiger partial charge in [0.2, 0.25) is 5.91 Å². The Balaban J connectivity index is 2.55. The number of amides is 1. The highest BCUT2D eigenvalue weighted by molar-refractivity contribution is 5.82. The molecule has 1 saturated heterocycles. The molecule has 0 aromatic carbocycles. The van der Waals surface area contributed by atoms with Crippen LogP contribution in [0.15, 0.2) is 0 Å². The van der Waals surface area contributed by atoms with Crippen LogP contribution in [0.4, 0.5) is 0 Å². The van der Waals surface area contributed by atoms with Crippen molar-refractivity contribution >= 4 is 5.91 Å². The number of nitrogens with two attached hydrogens (primary N) is 1. The molecular weight excluding hydrogens is 192 g/mol. The number of rotatable bonds is 2. The molecule has 88 valence electrons. The van der Waals surface area contributed by atoms with Crippen molar-refractivity contribution in [2.45, 2.75) is 39.3 Å². The van der Waals surface area contributed by atoms with Gasteiger partial charge in [-0.3, -0.25) is 4.79 Å². The van der Waals surface area contributed by atoms with Crippen LogP contribution in [0.25, 0.3) is 0 Å². The van der Waals surface area contributed by atoms with Crippen LogP contribution >= 0.6 is 0 Å². The van der Waals surface area contributed by atoms with Crippen molar-refractivity contribution in [3.05, 3.63) is 0 Å². The number of ether oxygens (including phenoxy) is 1. The summed E-state index contributed by atoms with van der Waals surface area (Å²) in [5.41, 5.74) is 5.75. The average Bonchev–Trinajstić information content (AvgIpc) is 2.62. The predicted octanol–water partition coefficient (Wildman–Crippen LogP) is 0.607. The molecule has 1 fully saturated rings. The SMILES string of the molecule is COC1CCN(C(=O)[C@H](N)C(C)(C)C)C1. The van der Waals surface area contributed by atoms with E-state index in [0.717, 1.165) is 13.0 Å². The van der Waals surface area contributed by atoms with Crippen LogP contribution < -0.4 is 5.73 Å². The fraction of sp³-hybridized carbons (Fsp3) is 0.909. The summed E-state index contributed by atoms with van der Waals surface area (Å²) in [5, 5.41) is 0. The minimum Gasteiger partial charge on any atom is -0.380 e. The zero-order valence-corrected chi connectivity index (χ0v) is 10.1. The van der Waals surface area contributed by atoms with Crippen molar-refractivity contribution in [3.8, 4) is 0 Å². The van der Waals surface area contributed by atoms with E-state index in [4.69, 9.17) is 10.5 Å². The molecule has 0 aromatic heterocycles. The lowest BCUT2D eigenvalue weighted by Gasteiger charge is -2.29. The molecule has 0 aromatic rings. The summed E-state index contributed by atoms with van der Waals surface area (Å²) in [7, 11) is 1.68. The van der Waals surface area contributed by atoms with Gasteiger partial charge in [0.15, 0.2) is 0 Å². The molecule has 2 N–H and O–H groups in total. The molecule has 1 unspecified atom stereocenters. The summed E-state index contributed by atoms with van der Waals surface area (Å²) >= 11 is 0. The van der Waals surface area contributed by atoms with Crippen LogP contribution in [0.3, 0.4) is 0 Å². The third-order valence-electron chi connectivity index (χ3n) is 2.99.